The highest BCUT2D eigenvalue weighted by Crippen LogP contribution is 2.27. The minimum absolute atomic E-state index is 0.129. The van der Waals surface area contributed by atoms with Crippen LogP contribution in [-0.4, -0.2) is 23.9 Å². The first-order valence-corrected chi connectivity index (χ1v) is 6.94. The Balaban J connectivity index is 1.87. The second-order valence-electron chi connectivity index (χ2n) is 4.90. The Morgan fingerprint density at radius 1 is 1.16 bits per heavy atom. The number of amides is 1. The Labute approximate surface area is 115 Å². The maximum atomic E-state index is 11.9. The Hall–Kier alpha value is -1.83. The number of piperidine rings is 1. The van der Waals surface area contributed by atoms with Crippen molar-refractivity contribution in [2.24, 2.45) is 0 Å². The van der Waals surface area contributed by atoms with Crippen LogP contribution in [0.1, 0.15) is 31.2 Å². The normalized spacial score (nSPS) is 17.4. The van der Waals surface area contributed by atoms with Gasteiger partial charge in [-0.05, 0) is 31.2 Å². The van der Waals surface area contributed by atoms with Crippen molar-refractivity contribution in [3.63, 3.8) is 0 Å². The van der Waals surface area contributed by atoms with Crippen molar-refractivity contribution in [2.75, 3.05) is 13.1 Å². The lowest BCUT2D eigenvalue weighted by Gasteiger charge is -2.31. The van der Waals surface area contributed by atoms with Gasteiger partial charge in [-0.3, -0.25) is 4.79 Å². The van der Waals surface area contributed by atoms with E-state index in [0.717, 1.165) is 25.9 Å². The van der Waals surface area contributed by atoms with E-state index in [2.05, 4.69) is 24.3 Å². The largest absolute Gasteiger partial charge is 0.339 e. The lowest BCUT2D eigenvalue weighted by atomic mass is 9.89. The molecule has 2 nitrogen and oxygen atoms in total. The Kier molecular flexibility index (Phi) is 4.96. The van der Waals surface area contributed by atoms with Crippen LogP contribution in [0, 0.1) is 0 Å². The molecule has 1 aliphatic rings. The van der Waals surface area contributed by atoms with Crippen molar-refractivity contribution in [3.05, 3.63) is 60.2 Å². The van der Waals surface area contributed by atoms with Gasteiger partial charge in [-0.1, -0.05) is 48.6 Å². The number of nitrogens with zero attached hydrogens (tertiary/aromatic N) is 1. The zero-order valence-electron chi connectivity index (χ0n) is 11.5. The highest BCUT2D eigenvalue weighted by atomic mass is 16.2. The number of carbonyl (C=O) groups excluding carboxylic acids is 1. The van der Waals surface area contributed by atoms with E-state index in [0.29, 0.717) is 5.92 Å². The van der Waals surface area contributed by atoms with E-state index in [-0.39, 0.29) is 5.91 Å². The van der Waals surface area contributed by atoms with Crippen LogP contribution in [0.3, 0.4) is 0 Å². The molecule has 0 saturated carbocycles. The van der Waals surface area contributed by atoms with Gasteiger partial charge in [-0.15, -0.1) is 0 Å². The predicted octanol–water partition coefficient (Wildman–Crippen LogP) is 3.52. The molecule has 2 rings (SSSR count). The monoisotopic (exact) mass is 255 g/mol. The topological polar surface area (TPSA) is 20.3 Å². The van der Waals surface area contributed by atoms with Gasteiger partial charge in [0.05, 0.1) is 0 Å². The fraction of sp³-hybridized carbons (Fsp3) is 0.353. The molecule has 0 spiro atoms. The van der Waals surface area contributed by atoms with Gasteiger partial charge in [0.25, 0.3) is 0 Å². The van der Waals surface area contributed by atoms with E-state index in [1.165, 1.54) is 5.56 Å². The molecule has 1 aliphatic heterocycles. The SMILES string of the molecule is C/C=C/C=C/C(=O)N1CCC(c2ccccc2)CC1. The van der Waals surface area contributed by atoms with E-state index in [1.54, 1.807) is 6.08 Å². The third kappa shape index (κ3) is 3.82. The molecule has 0 aromatic heterocycles. The van der Waals surface area contributed by atoms with Crippen LogP contribution in [0.4, 0.5) is 0 Å². The van der Waals surface area contributed by atoms with E-state index < -0.39 is 0 Å². The first-order chi connectivity index (χ1) is 9.31. The van der Waals surface area contributed by atoms with Crippen molar-refractivity contribution in [2.45, 2.75) is 25.7 Å². The van der Waals surface area contributed by atoms with Gasteiger partial charge < -0.3 is 4.90 Å². The molecular formula is C17H21NO. The van der Waals surface area contributed by atoms with Crippen LogP contribution < -0.4 is 0 Å². The zero-order valence-corrected chi connectivity index (χ0v) is 11.5. The molecule has 2 heteroatoms. The summed E-state index contributed by atoms with van der Waals surface area (Å²) >= 11 is 0. The van der Waals surface area contributed by atoms with Crippen LogP contribution >= 0.6 is 0 Å². The molecule has 1 saturated heterocycles. The second kappa shape index (κ2) is 6.93. The van der Waals surface area contributed by atoms with Crippen LogP contribution in [0.2, 0.25) is 0 Å². The zero-order chi connectivity index (χ0) is 13.5. The van der Waals surface area contributed by atoms with Gasteiger partial charge in [-0.2, -0.15) is 0 Å². The third-order valence-electron chi connectivity index (χ3n) is 3.62. The molecule has 0 aliphatic carbocycles. The summed E-state index contributed by atoms with van der Waals surface area (Å²) in [4.78, 5) is 13.9. The van der Waals surface area contributed by atoms with Gasteiger partial charge in [0, 0.05) is 19.2 Å². The number of likely N-dealkylation sites (tertiary alicyclic amines) is 1. The summed E-state index contributed by atoms with van der Waals surface area (Å²) in [7, 11) is 0. The summed E-state index contributed by atoms with van der Waals surface area (Å²) in [5.74, 6) is 0.731. The molecule has 0 unspecified atom stereocenters. The lowest BCUT2D eigenvalue weighted by molar-refractivity contribution is -0.127. The van der Waals surface area contributed by atoms with Crippen LogP contribution in [0.15, 0.2) is 54.6 Å². The first-order valence-electron chi connectivity index (χ1n) is 6.94. The quantitative estimate of drug-likeness (QED) is 0.597. The van der Waals surface area contributed by atoms with Crippen molar-refractivity contribution < 1.29 is 4.79 Å². The highest BCUT2D eigenvalue weighted by molar-refractivity contribution is 5.87. The van der Waals surface area contributed by atoms with Crippen LogP contribution in [-0.2, 0) is 4.79 Å². The minimum Gasteiger partial charge on any atom is -0.339 e. The Morgan fingerprint density at radius 2 is 1.84 bits per heavy atom. The average molecular weight is 255 g/mol. The Bertz CT molecular complexity index is 453. The van der Waals surface area contributed by atoms with E-state index in [9.17, 15) is 4.79 Å². The second-order valence-corrected chi connectivity index (χ2v) is 4.90. The molecule has 0 N–H and O–H groups in total. The molecule has 100 valence electrons. The van der Waals surface area contributed by atoms with Crippen molar-refractivity contribution >= 4 is 5.91 Å². The number of rotatable bonds is 3. The molecule has 1 aromatic carbocycles. The standard InChI is InChI=1S/C17H21NO/c1-2-3-5-10-17(19)18-13-11-16(12-14-18)15-8-6-4-7-9-15/h2-10,16H,11-14H2,1H3/b3-2+,10-5+. The summed E-state index contributed by atoms with van der Waals surface area (Å²) in [6.07, 6.45) is 9.40. The smallest absolute Gasteiger partial charge is 0.246 e. The number of benzene rings is 1. The fourth-order valence-corrected chi connectivity index (χ4v) is 2.51. The van der Waals surface area contributed by atoms with Crippen LogP contribution in [0.5, 0.6) is 0 Å². The Morgan fingerprint density at radius 3 is 2.47 bits per heavy atom. The third-order valence-corrected chi connectivity index (χ3v) is 3.62. The lowest BCUT2D eigenvalue weighted by Crippen LogP contribution is -2.36. The molecule has 0 atom stereocenters. The van der Waals surface area contributed by atoms with Crippen LogP contribution in [0.25, 0.3) is 0 Å². The van der Waals surface area contributed by atoms with E-state index in [1.807, 2.05) is 36.1 Å². The molecule has 0 bridgehead atoms. The summed E-state index contributed by atoms with van der Waals surface area (Å²) < 4.78 is 0. The van der Waals surface area contributed by atoms with Gasteiger partial charge in [0.15, 0.2) is 0 Å². The molecule has 1 aromatic rings. The van der Waals surface area contributed by atoms with Gasteiger partial charge in [0.2, 0.25) is 5.91 Å². The van der Waals surface area contributed by atoms with Crippen molar-refractivity contribution in [1.82, 2.24) is 4.90 Å². The molecule has 1 heterocycles. The summed E-state index contributed by atoms with van der Waals surface area (Å²) in [5.41, 5.74) is 1.40. The number of hydrogen-bond donors (Lipinski definition) is 0. The molecular weight excluding hydrogens is 234 g/mol. The van der Waals surface area contributed by atoms with Gasteiger partial charge in [-0.25, -0.2) is 0 Å². The van der Waals surface area contributed by atoms with E-state index in [4.69, 9.17) is 0 Å². The number of carbonyl (C=O) groups is 1. The predicted molar refractivity (Wildman–Crippen MR) is 79.0 cm³/mol. The summed E-state index contributed by atoms with van der Waals surface area (Å²) in [6, 6.07) is 10.6. The summed E-state index contributed by atoms with van der Waals surface area (Å²) in [6.45, 7) is 3.66. The van der Waals surface area contributed by atoms with Crippen molar-refractivity contribution in [3.8, 4) is 0 Å². The fourth-order valence-electron chi connectivity index (χ4n) is 2.51. The van der Waals surface area contributed by atoms with E-state index >= 15 is 0 Å². The highest BCUT2D eigenvalue weighted by Gasteiger charge is 2.22. The number of allylic oxidation sites excluding steroid dienone is 3. The molecule has 1 amide bonds. The summed E-state index contributed by atoms with van der Waals surface area (Å²) in [5, 5.41) is 0. The van der Waals surface area contributed by atoms with Gasteiger partial charge >= 0.3 is 0 Å². The molecule has 19 heavy (non-hydrogen) atoms. The first kappa shape index (κ1) is 13.6. The molecule has 0 radical (unpaired) electrons. The minimum atomic E-state index is 0.129. The molecule has 1 fully saturated rings. The maximum absolute atomic E-state index is 11.9. The van der Waals surface area contributed by atoms with Gasteiger partial charge in [0.1, 0.15) is 0 Å². The maximum Gasteiger partial charge on any atom is 0.246 e. The number of hydrogen-bond acceptors (Lipinski definition) is 1. The van der Waals surface area contributed by atoms with Crippen molar-refractivity contribution in [1.29, 1.82) is 0 Å². The average Bonchev–Trinajstić information content (AvgIpc) is 2.48.